The maximum Gasteiger partial charge on any atom is 0.316 e. The zero-order valence-electron chi connectivity index (χ0n) is 33.2. The van der Waals surface area contributed by atoms with E-state index in [4.69, 9.17) is 33.2 Å². The highest BCUT2D eigenvalue weighted by molar-refractivity contribution is 6.06. The van der Waals surface area contributed by atoms with Gasteiger partial charge in [-0.2, -0.15) is 0 Å². The van der Waals surface area contributed by atoms with Crippen LogP contribution in [0.2, 0.25) is 0 Å². The van der Waals surface area contributed by atoms with Crippen molar-refractivity contribution in [2.45, 2.75) is 159 Å². The molecule has 7 aliphatic rings. The Labute approximate surface area is 325 Å². The first-order valence-electron chi connectivity index (χ1n) is 20.4. The number of oxime groups is 1. The van der Waals surface area contributed by atoms with Gasteiger partial charge >= 0.3 is 5.97 Å². The monoisotopic (exact) mass is 767 g/mol. The van der Waals surface area contributed by atoms with Crippen LogP contribution in [0.1, 0.15) is 92.4 Å². The van der Waals surface area contributed by atoms with Crippen molar-refractivity contribution in [3.8, 4) is 0 Å². The van der Waals surface area contributed by atoms with Crippen LogP contribution in [0.4, 0.5) is 0 Å². The normalized spacial score (nSPS) is 46.7. The molecule has 5 heterocycles. The molecule has 0 radical (unpaired) electrons. The zero-order chi connectivity index (χ0) is 39.1. The molecule has 55 heavy (non-hydrogen) atoms. The molecule has 2 bridgehead atoms. The van der Waals surface area contributed by atoms with Gasteiger partial charge in [-0.05, 0) is 68.7 Å². The molecule has 1 spiro atoms. The van der Waals surface area contributed by atoms with Gasteiger partial charge in [0.05, 0.1) is 37.1 Å². The van der Waals surface area contributed by atoms with E-state index in [0.717, 1.165) is 18.4 Å². The van der Waals surface area contributed by atoms with Crippen LogP contribution in [0.5, 0.6) is 0 Å². The fourth-order valence-corrected chi connectivity index (χ4v) is 9.99. The van der Waals surface area contributed by atoms with Gasteiger partial charge in [0.25, 0.3) is 0 Å². The molecule has 14 atom stereocenters. The van der Waals surface area contributed by atoms with Gasteiger partial charge in [-0.15, -0.1) is 0 Å². The van der Waals surface area contributed by atoms with Gasteiger partial charge in [0.1, 0.15) is 35.5 Å². The fourth-order valence-electron chi connectivity index (χ4n) is 9.99. The summed E-state index contributed by atoms with van der Waals surface area (Å²) in [5.74, 6) is -2.30. The third kappa shape index (κ3) is 8.08. The van der Waals surface area contributed by atoms with E-state index in [9.17, 15) is 20.2 Å². The summed E-state index contributed by atoms with van der Waals surface area (Å²) in [5.41, 5.74) is 0.299. The molecule has 4 fully saturated rings. The molecule has 304 valence electrons. The number of carbonyl (C=O) groups excluding carboxylic acids is 1. The molecular weight excluding hydrogens is 706 g/mol. The van der Waals surface area contributed by atoms with Crippen LogP contribution in [-0.2, 0) is 38.0 Å². The maximum atomic E-state index is 14.4. The van der Waals surface area contributed by atoms with E-state index in [0.29, 0.717) is 42.7 Å². The summed E-state index contributed by atoms with van der Waals surface area (Å²) in [6, 6.07) is 0. The summed E-state index contributed by atoms with van der Waals surface area (Å²) < 4.78 is 44.9. The van der Waals surface area contributed by atoms with E-state index in [-0.39, 0.29) is 36.4 Å². The van der Waals surface area contributed by atoms with Gasteiger partial charge in [-0.25, -0.2) is 0 Å². The molecule has 12 heteroatoms. The number of ether oxygens (including phenoxy) is 7. The Morgan fingerprint density at radius 2 is 1.78 bits per heavy atom. The Morgan fingerprint density at radius 3 is 2.53 bits per heavy atom. The number of methoxy groups -OCH3 is 1. The van der Waals surface area contributed by atoms with Crippen LogP contribution in [-0.4, -0.2) is 107 Å². The Hall–Kier alpha value is -2.68. The van der Waals surface area contributed by atoms with Crippen molar-refractivity contribution in [3.05, 3.63) is 59.3 Å². The fraction of sp³-hybridized carbons (Fsp3) is 0.721. The summed E-state index contributed by atoms with van der Waals surface area (Å²) in [6.45, 7) is 9.87. The Morgan fingerprint density at radius 1 is 1.00 bits per heavy atom. The van der Waals surface area contributed by atoms with E-state index >= 15 is 0 Å². The number of rotatable bonds is 4. The van der Waals surface area contributed by atoms with Gasteiger partial charge in [0.2, 0.25) is 0 Å². The third-order valence-electron chi connectivity index (χ3n) is 13.1. The zero-order valence-corrected chi connectivity index (χ0v) is 33.2. The van der Waals surface area contributed by atoms with Crippen LogP contribution in [0, 0.1) is 23.7 Å². The summed E-state index contributed by atoms with van der Waals surface area (Å²) in [7, 11) is 1.58. The molecule has 0 aromatic rings. The first kappa shape index (κ1) is 40.5. The summed E-state index contributed by atoms with van der Waals surface area (Å²) in [5, 5.41) is 36.6. The van der Waals surface area contributed by atoms with Crippen molar-refractivity contribution in [2.24, 2.45) is 28.8 Å². The second kappa shape index (κ2) is 16.7. The highest BCUT2D eigenvalue weighted by Crippen LogP contribution is 2.47. The van der Waals surface area contributed by atoms with Crippen molar-refractivity contribution in [1.82, 2.24) is 0 Å². The largest absolute Gasteiger partial charge is 0.462 e. The average molecular weight is 768 g/mol. The summed E-state index contributed by atoms with van der Waals surface area (Å²) in [4.78, 5) is 14.4. The molecule has 3 N–H and O–H groups in total. The minimum atomic E-state index is -1.85. The summed E-state index contributed by atoms with van der Waals surface area (Å²) in [6.07, 6.45) is 16.4. The van der Waals surface area contributed by atoms with Crippen molar-refractivity contribution < 1.29 is 53.4 Å². The number of hydrogen-bond acceptors (Lipinski definition) is 12. The van der Waals surface area contributed by atoms with Crippen LogP contribution < -0.4 is 0 Å². The highest BCUT2D eigenvalue weighted by atomic mass is 16.7. The van der Waals surface area contributed by atoms with Gasteiger partial charge in [0, 0.05) is 38.2 Å². The predicted octanol–water partition coefficient (Wildman–Crippen LogP) is 5.85. The van der Waals surface area contributed by atoms with Crippen molar-refractivity contribution in [3.63, 3.8) is 0 Å². The van der Waals surface area contributed by atoms with Crippen molar-refractivity contribution in [2.75, 3.05) is 13.7 Å². The van der Waals surface area contributed by atoms with Gasteiger partial charge in [-0.1, -0.05) is 74.7 Å². The number of fused-ring (bicyclic) bond motifs is 2. The molecule has 12 nitrogen and oxygen atoms in total. The molecule has 3 saturated heterocycles. The van der Waals surface area contributed by atoms with E-state index in [1.807, 2.05) is 32.1 Å². The number of esters is 1. The molecule has 5 aliphatic heterocycles. The van der Waals surface area contributed by atoms with Crippen LogP contribution in [0.15, 0.2) is 64.4 Å². The predicted molar refractivity (Wildman–Crippen MR) is 203 cm³/mol. The minimum absolute atomic E-state index is 0.0156. The maximum absolute atomic E-state index is 14.4. The Kier molecular flexibility index (Phi) is 12.3. The first-order chi connectivity index (χ1) is 26.4. The Balaban J connectivity index is 1.26. The van der Waals surface area contributed by atoms with Gasteiger partial charge < -0.3 is 48.6 Å². The highest BCUT2D eigenvalue weighted by Gasteiger charge is 2.60. The molecular formula is C43H61NO11. The van der Waals surface area contributed by atoms with E-state index in [1.165, 1.54) is 19.3 Å². The lowest BCUT2D eigenvalue weighted by Crippen LogP contribution is -2.57. The number of hydrogen-bond donors (Lipinski definition) is 3. The van der Waals surface area contributed by atoms with Crippen LogP contribution in [0.3, 0.4) is 0 Å². The topological polar surface area (TPSA) is 155 Å². The third-order valence-corrected chi connectivity index (χ3v) is 13.1. The van der Waals surface area contributed by atoms with Gasteiger partial charge in [0.15, 0.2) is 12.1 Å². The molecule has 7 rings (SSSR count). The molecule has 0 amide bonds. The van der Waals surface area contributed by atoms with E-state index < -0.39 is 66.2 Å². The number of nitrogens with zero attached hydrogens (tertiary/aromatic N) is 1. The minimum Gasteiger partial charge on any atom is -0.462 e. The second-order valence-electron chi connectivity index (χ2n) is 17.0. The number of allylic oxidation sites excluding steroid dienone is 2. The molecule has 1 saturated carbocycles. The lowest BCUT2D eigenvalue weighted by Gasteiger charge is -2.49. The smallest absolute Gasteiger partial charge is 0.316 e. The molecule has 0 aromatic carbocycles. The Bertz CT molecular complexity index is 1600. The SMILES string of the molecule is CO[C@H]1C[C@H](O[C@@H]2/C(C)=C/C[C@@H]3C[C@@H](C[C@]4(C=C[C@H](C)[C@@H](C5CCCCC5)O4)O3)OC(=O)[C@@H]3C=C(C)/C(=N/O)[C@H]4OCC(=C/C=C/[C@@H]2C)[C@]43O)O[C@@H](C)[C@@H]1O. The molecule has 0 unspecified atom stereocenters. The van der Waals surface area contributed by atoms with E-state index in [2.05, 4.69) is 31.2 Å². The number of aliphatic hydroxyl groups excluding tert-OH is 1. The second-order valence-corrected chi connectivity index (χ2v) is 17.0. The molecule has 2 aliphatic carbocycles. The van der Waals surface area contributed by atoms with Gasteiger partial charge in [-0.3, -0.25) is 4.79 Å². The van der Waals surface area contributed by atoms with Crippen molar-refractivity contribution in [1.29, 1.82) is 0 Å². The van der Waals surface area contributed by atoms with E-state index in [1.54, 1.807) is 26.2 Å². The standard InChI is InChI=1S/C43H61NO11/c1-24-11-10-14-30-23-50-40-36(44-48)27(4)19-33(43(30,40)47)41(46)52-32-20-31(16-15-25(2)38(24)53-35-21-34(49-6)37(45)28(5)51-35)54-42(22-32)18-17-26(3)39(55-42)29-12-8-7-9-13-29/h10-11,14-15,17-19,24,26,28-29,31-35,37-40,45,47-48H,7-9,12-13,16,20-23H2,1-6H3/b11-10+,25-15+,30-14?,44-36-/t24-,26-,28-,31+,32-,33-,34-,35-,37-,38-,39-,40+,42+,43+/m0/s1. The number of carbonyl (C=O) groups is 1. The average Bonchev–Trinajstić information content (AvgIpc) is 3.50. The van der Waals surface area contributed by atoms with Crippen LogP contribution in [0.25, 0.3) is 0 Å². The number of aliphatic hydroxyl groups is 2. The van der Waals surface area contributed by atoms with Crippen LogP contribution >= 0.6 is 0 Å². The molecule has 0 aromatic heterocycles. The summed E-state index contributed by atoms with van der Waals surface area (Å²) >= 11 is 0. The quantitative estimate of drug-likeness (QED) is 0.137. The lowest BCUT2D eigenvalue weighted by molar-refractivity contribution is -0.301. The lowest BCUT2D eigenvalue weighted by atomic mass is 9.71. The first-order valence-corrected chi connectivity index (χ1v) is 20.4. The van der Waals surface area contributed by atoms with Crippen molar-refractivity contribution >= 4 is 11.7 Å².